The van der Waals surface area contributed by atoms with Crippen molar-refractivity contribution in [2.24, 2.45) is 11.7 Å². The van der Waals surface area contributed by atoms with Gasteiger partial charge in [0.1, 0.15) is 5.78 Å². The summed E-state index contributed by atoms with van der Waals surface area (Å²) in [5.41, 5.74) is 5.24. The molecule has 0 aliphatic rings. The summed E-state index contributed by atoms with van der Waals surface area (Å²) in [7, 11) is -4.05. The van der Waals surface area contributed by atoms with Gasteiger partial charge >= 0.3 is 7.60 Å². The first-order valence-electron chi connectivity index (χ1n) is 3.20. The monoisotopic (exact) mass is 167 g/mol. The Morgan fingerprint density at radius 2 is 2.00 bits per heavy atom. The normalized spacial score (nSPS) is 18.5. The Balaban J connectivity index is 4.08. The molecule has 1 unspecified atom stereocenters. The molecule has 0 spiro atoms. The Kier molecular flexibility index (Phi) is 3.52. The molecule has 62 valence electrons. The van der Waals surface area contributed by atoms with Crippen LogP contribution in [0.3, 0.4) is 0 Å². The van der Waals surface area contributed by atoms with Crippen molar-refractivity contribution in [1.82, 2.24) is 0 Å². The minimum Gasteiger partial charge on any atom is -0.323 e. The predicted octanol–water partition coefficient (Wildman–Crippen LogP) is 0.495. The molecule has 10 heavy (non-hydrogen) atoms. The van der Waals surface area contributed by atoms with E-state index in [1.54, 1.807) is 6.92 Å². The summed E-state index contributed by atoms with van der Waals surface area (Å²) >= 11 is 0. The molecule has 0 radical (unpaired) electrons. The zero-order valence-electron chi connectivity index (χ0n) is 6.19. The number of hydrogen-bond donors (Lipinski definition) is 3. The van der Waals surface area contributed by atoms with Crippen LogP contribution in [-0.2, 0) is 4.57 Å². The molecule has 4 N–H and O–H groups in total. The van der Waals surface area contributed by atoms with Crippen LogP contribution in [0.5, 0.6) is 0 Å². The Hall–Kier alpha value is 0.110. The molecule has 0 amide bonds. The molecule has 0 fully saturated rings. The quantitative estimate of drug-likeness (QED) is 0.534. The first-order chi connectivity index (χ1) is 4.39. The van der Waals surface area contributed by atoms with Gasteiger partial charge < -0.3 is 15.5 Å². The van der Waals surface area contributed by atoms with Gasteiger partial charge in [-0.1, -0.05) is 20.3 Å². The van der Waals surface area contributed by atoms with Crippen LogP contribution in [0.15, 0.2) is 0 Å². The van der Waals surface area contributed by atoms with Gasteiger partial charge in [0.05, 0.1) is 0 Å². The van der Waals surface area contributed by atoms with Crippen molar-refractivity contribution in [3.8, 4) is 0 Å². The molecular formula is C5H14NO3P. The van der Waals surface area contributed by atoms with Gasteiger partial charge in [-0.15, -0.1) is 0 Å². The average Bonchev–Trinajstić information content (AvgIpc) is 1.83. The molecule has 5 heteroatoms. The van der Waals surface area contributed by atoms with Gasteiger partial charge in [0, 0.05) is 0 Å². The molecule has 0 aromatic heterocycles. The third kappa shape index (κ3) is 2.80. The minimum atomic E-state index is -4.05. The lowest BCUT2D eigenvalue weighted by Gasteiger charge is -2.18. The van der Waals surface area contributed by atoms with E-state index in [0.717, 1.165) is 0 Å². The van der Waals surface area contributed by atoms with E-state index in [1.165, 1.54) is 0 Å². The van der Waals surface area contributed by atoms with E-state index < -0.39 is 13.4 Å². The van der Waals surface area contributed by atoms with Crippen molar-refractivity contribution in [1.29, 1.82) is 0 Å². The second kappa shape index (κ2) is 3.49. The zero-order valence-corrected chi connectivity index (χ0v) is 7.08. The lowest BCUT2D eigenvalue weighted by atomic mass is 10.1. The van der Waals surface area contributed by atoms with E-state index in [2.05, 4.69) is 0 Å². The molecule has 0 aromatic rings. The highest BCUT2D eigenvalue weighted by Crippen LogP contribution is 2.42. The predicted molar refractivity (Wildman–Crippen MR) is 39.5 cm³/mol. The summed E-state index contributed by atoms with van der Waals surface area (Å²) in [6.07, 6.45) is 0.687. The number of rotatable bonds is 3. The molecule has 0 aliphatic heterocycles. The number of nitrogens with two attached hydrogens (primary N) is 1. The highest BCUT2D eigenvalue weighted by molar-refractivity contribution is 7.52. The smallest absolute Gasteiger partial charge is 0.323 e. The first kappa shape index (κ1) is 10.1. The lowest BCUT2D eigenvalue weighted by molar-refractivity contribution is 0.336. The van der Waals surface area contributed by atoms with Crippen molar-refractivity contribution in [3.63, 3.8) is 0 Å². The molecule has 0 aromatic carbocycles. The molecule has 0 saturated carbocycles. The minimum absolute atomic E-state index is 0.124. The third-order valence-corrected chi connectivity index (χ3v) is 2.90. The Morgan fingerprint density at radius 1 is 1.60 bits per heavy atom. The fourth-order valence-corrected chi connectivity index (χ4v) is 1.45. The maximum atomic E-state index is 10.5. The van der Waals surface area contributed by atoms with Crippen LogP contribution < -0.4 is 5.73 Å². The van der Waals surface area contributed by atoms with E-state index in [-0.39, 0.29) is 5.92 Å². The van der Waals surface area contributed by atoms with Gasteiger partial charge in [-0.2, -0.15) is 0 Å². The van der Waals surface area contributed by atoms with Crippen LogP contribution in [0.2, 0.25) is 0 Å². The van der Waals surface area contributed by atoms with E-state index in [4.69, 9.17) is 15.5 Å². The van der Waals surface area contributed by atoms with Gasteiger partial charge in [-0.3, -0.25) is 4.57 Å². The molecule has 4 nitrogen and oxygen atoms in total. The molecular weight excluding hydrogens is 153 g/mol. The lowest BCUT2D eigenvalue weighted by Crippen LogP contribution is -2.27. The van der Waals surface area contributed by atoms with Gasteiger partial charge in [0.25, 0.3) is 0 Å². The van der Waals surface area contributed by atoms with E-state index in [9.17, 15) is 4.57 Å². The summed E-state index contributed by atoms with van der Waals surface area (Å²) in [5, 5.41) is 0. The van der Waals surface area contributed by atoms with Gasteiger partial charge in [-0.05, 0) is 5.92 Å². The molecule has 0 heterocycles. The van der Waals surface area contributed by atoms with Crippen LogP contribution in [0.1, 0.15) is 20.3 Å². The van der Waals surface area contributed by atoms with Crippen LogP contribution in [0, 0.1) is 5.92 Å². The standard InChI is InChI=1S/C5H14NO3P/c1-3-4(2)5(6)10(7,8)9/h4-5H,3,6H2,1-2H3,(H2,7,8,9)/t4?,5-/m1/s1. The van der Waals surface area contributed by atoms with Crippen LogP contribution in [0.25, 0.3) is 0 Å². The van der Waals surface area contributed by atoms with Crippen molar-refractivity contribution in [3.05, 3.63) is 0 Å². The Bertz CT molecular complexity index is 144. The van der Waals surface area contributed by atoms with E-state index >= 15 is 0 Å². The van der Waals surface area contributed by atoms with E-state index in [1.807, 2.05) is 6.92 Å². The third-order valence-electron chi connectivity index (χ3n) is 1.62. The Labute approximate surface area is 60.6 Å². The number of hydrogen-bond acceptors (Lipinski definition) is 2. The van der Waals surface area contributed by atoms with Crippen LogP contribution >= 0.6 is 7.60 Å². The highest BCUT2D eigenvalue weighted by Gasteiger charge is 2.28. The second-order valence-electron chi connectivity index (χ2n) is 2.47. The molecule has 0 rings (SSSR count). The largest absolute Gasteiger partial charge is 0.342 e. The molecule has 2 atom stereocenters. The maximum Gasteiger partial charge on any atom is 0.342 e. The summed E-state index contributed by atoms with van der Waals surface area (Å²) in [4.78, 5) is 17.1. The fourth-order valence-electron chi connectivity index (χ4n) is 0.573. The summed E-state index contributed by atoms with van der Waals surface area (Å²) < 4.78 is 10.5. The average molecular weight is 167 g/mol. The topological polar surface area (TPSA) is 83.6 Å². The maximum absolute atomic E-state index is 10.5. The zero-order chi connectivity index (χ0) is 8.36. The van der Waals surface area contributed by atoms with Crippen molar-refractivity contribution >= 4 is 7.60 Å². The highest BCUT2D eigenvalue weighted by atomic mass is 31.2. The van der Waals surface area contributed by atoms with Gasteiger partial charge in [0.15, 0.2) is 0 Å². The summed E-state index contributed by atoms with van der Waals surface area (Å²) in [6.45, 7) is 3.57. The van der Waals surface area contributed by atoms with Crippen molar-refractivity contribution < 1.29 is 14.4 Å². The van der Waals surface area contributed by atoms with Crippen molar-refractivity contribution in [2.45, 2.75) is 26.1 Å². The van der Waals surface area contributed by atoms with Crippen LogP contribution in [0.4, 0.5) is 0 Å². The SMILES string of the molecule is CCC(C)[C@H](N)P(=O)(O)O. The molecule has 0 aliphatic carbocycles. The first-order valence-corrected chi connectivity index (χ1v) is 4.88. The second-order valence-corrected chi connectivity index (χ2v) is 4.24. The summed E-state index contributed by atoms with van der Waals surface area (Å²) in [6, 6.07) is 0. The van der Waals surface area contributed by atoms with Crippen molar-refractivity contribution in [2.75, 3.05) is 0 Å². The summed E-state index contributed by atoms with van der Waals surface area (Å²) in [5.74, 6) is -1.13. The Morgan fingerprint density at radius 3 is 2.10 bits per heavy atom. The fraction of sp³-hybridized carbons (Fsp3) is 1.00. The molecule has 0 bridgehead atoms. The van der Waals surface area contributed by atoms with E-state index in [0.29, 0.717) is 6.42 Å². The van der Waals surface area contributed by atoms with Gasteiger partial charge in [-0.25, -0.2) is 0 Å². The van der Waals surface area contributed by atoms with Gasteiger partial charge in [0.2, 0.25) is 0 Å². The van der Waals surface area contributed by atoms with Crippen LogP contribution in [-0.4, -0.2) is 15.6 Å². The molecule has 0 saturated heterocycles.